The van der Waals surface area contributed by atoms with Gasteiger partial charge in [0.1, 0.15) is 17.1 Å². The van der Waals surface area contributed by atoms with Gasteiger partial charge in [-0.1, -0.05) is 0 Å². The Hall–Kier alpha value is -4.26. The number of benzene rings is 2. The topological polar surface area (TPSA) is 135 Å². The van der Waals surface area contributed by atoms with E-state index in [2.05, 4.69) is 75.6 Å². The van der Waals surface area contributed by atoms with Gasteiger partial charge in [0.2, 0.25) is 13.3 Å². The molecule has 5 heterocycles. The van der Waals surface area contributed by atoms with Crippen LogP contribution in [0.3, 0.4) is 0 Å². The maximum absolute atomic E-state index is 12.8. The molecule has 0 amide bonds. The third kappa shape index (κ3) is 6.56. The lowest BCUT2D eigenvalue weighted by Gasteiger charge is -2.53. The maximum atomic E-state index is 12.8. The Bertz CT molecular complexity index is 2030. The lowest BCUT2D eigenvalue weighted by atomic mass is 9.72. The molecular weight excluding hydrogens is 695 g/mol. The zero-order valence-electron chi connectivity index (χ0n) is 27.6. The van der Waals surface area contributed by atoms with Crippen LogP contribution in [0.2, 0.25) is 0 Å². The van der Waals surface area contributed by atoms with Gasteiger partial charge in [0.15, 0.2) is 5.75 Å². The van der Waals surface area contributed by atoms with Crippen LogP contribution in [-0.4, -0.2) is 88.3 Å². The molecule has 0 atom stereocenters. The van der Waals surface area contributed by atoms with Gasteiger partial charge in [0.05, 0.1) is 34.7 Å². The number of nitrogens with one attached hydrogen (secondary N) is 2. The summed E-state index contributed by atoms with van der Waals surface area (Å²) in [4.78, 5) is 23.0. The Morgan fingerprint density at radius 3 is 2.44 bits per heavy atom. The lowest BCUT2D eigenvalue weighted by molar-refractivity contribution is 0.00133. The normalized spacial score (nSPS) is 16.2. The smallest absolute Gasteiger partial charge is 0.242 e. The summed E-state index contributed by atoms with van der Waals surface area (Å²) in [6.07, 6.45) is 11.1. The monoisotopic (exact) mass is 732 g/mol. The van der Waals surface area contributed by atoms with Crippen LogP contribution < -0.4 is 24.8 Å². The number of hydrogen-bond donors (Lipinski definition) is 2. The number of ether oxygens (including phenoxy) is 1. The first-order valence-electron chi connectivity index (χ1n) is 15.7. The molecule has 0 saturated carbocycles. The second-order valence-corrected chi connectivity index (χ2v) is 16.5. The number of anilines is 5. The number of likely N-dealkylation sites (tertiary alicyclic amines) is 1. The fourth-order valence-corrected chi connectivity index (χ4v) is 7.63. The number of aryl methyl sites for hydroxylation is 1. The third-order valence-electron chi connectivity index (χ3n) is 8.86. The van der Waals surface area contributed by atoms with Gasteiger partial charge in [-0.05, 0) is 59.4 Å². The molecule has 13 nitrogen and oxygen atoms in total. The molecule has 2 N–H and O–H groups in total. The van der Waals surface area contributed by atoms with E-state index in [1.807, 2.05) is 30.2 Å². The molecule has 3 aromatic heterocycles. The molecule has 0 unspecified atom stereocenters. The largest absolute Gasteiger partial charge is 0.494 e. The fraction of sp³-hybridized carbons (Fsp3) is 0.364. The van der Waals surface area contributed by atoms with Gasteiger partial charge in [-0.15, -0.1) is 0 Å². The van der Waals surface area contributed by atoms with Crippen LogP contribution in [-0.2, 0) is 11.6 Å². The standard InChI is InChI=1S/C33H38BrN10O3P/c1-42-19-33(20-42)8-12-44(13-9-33)27-15-28(46-3)26(14-22(27)21-16-38-43(2)18-21)40-32-37-17-23(34)31(41-32)39-25-7-6-24-29(36-11-10-35-24)30(25)47-48(4,5)45/h6-7,10-11,14-18H,8-9,12-13,19-20H2,1-5H3,(H2,37,39,40,41). The van der Waals surface area contributed by atoms with Gasteiger partial charge < -0.3 is 29.7 Å². The molecule has 2 aliphatic rings. The summed E-state index contributed by atoms with van der Waals surface area (Å²) in [7, 11) is 2.85. The van der Waals surface area contributed by atoms with Crippen molar-refractivity contribution in [3.63, 3.8) is 0 Å². The van der Waals surface area contributed by atoms with E-state index in [1.165, 1.54) is 25.9 Å². The van der Waals surface area contributed by atoms with Crippen LogP contribution in [0.15, 0.2) is 59.7 Å². The van der Waals surface area contributed by atoms with Crippen LogP contribution in [0.5, 0.6) is 11.5 Å². The molecule has 48 heavy (non-hydrogen) atoms. The number of aromatic nitrogens is 6. The number of piperidine rings is 1. The van der Waals surface area contributed by atoms with Crippen LogP contribution >= 0.6 is 23.3 Å². The van der Waals surface area contributed by atoms with Crippen LogP contribution in [0, 0.1) is 5.41 Å². The van der Waals surface area contributed by atoms with Gasteiger partial charge in [-0.25, -0.2) is 9.97 Å². The van der Waals surface area contributed by atoms with E-state index in [1.54, 1.807) is 45.1 Å². The Labute approximate surface area is 287 Å². The van der Waals surface area contributed by atoms with Gasteiger partial charge in [-0.2, -0.15) is 10.1 Å². The molecule has 0 aliphatic carbocycles. The molecule has 0 bridgehead atoms. The zero-order chi connectivity index (χ0) is 33.6. The molecule has 2 aliphatic heterocycles. The SMILES string of the molecule is COc1cc(N2CCC3(CC2)CN(C)C3)c(-c2cnn(C)c2)cc1Nc1ncc(Br)c(Nc2ccc3nccnc3c2OP(C)(C)=O)n1. The summed E-state index contributed by atoms with van der Waals surface area (Å²) in [5.41, 5.74) is 5.98. The zero-order valence-corrected chi connectivity index (χ0v) is 30.0. The summed E-state index contributed by atoms with van der Waals surface area (Å²) in [6, 6.07) is 7.80. The Morgan fingerprint density at radius 2 is 1.75 bits per heavy atom. The van der Waals surface area contributed by atoms with Gasteiger partial charge in [0, 0.05) is 94.2 Å². The van der Waals surface area contributed by atoms with Crippen molar-refractivity contribution in [2.75, 3.05) is 69.2 Å². The van der Waals surface area contributed by atoms with E-state index >= 15 is 0 Å². The van der Waals surface area contributed by atoms with E-state index < -0.39 is 7.37 Å². The first-order chi connectivity index (χ1) is 23.0. The summed E-state index contributed by atoms with van der Waals surface area (Å²) < 4.78 is 27.1. The van der Waals surface area contributed by atoms with E-state index in [4.69, 9.17) is 14.2 Å². The molecule has 2 aromatic carbocycles. The van der Waals surface area contributed by atoms with Gasteiger partial charge >= 0.3 is 0 Å². The Balaban J connectivity index is 1.21. The van der Waals surface area contributed by atoms with Gasteiger partial charge in [-0.3, -0.25) is 14.2 Å². The summed E-state index contributed by atoms with van der Waals surface area (Å²) in [6.45, 7) is 7.43. The molecule has 2 fully saturated rings. The second-order valence-electron chi connectivity index (χ2n) is 13.0. The van der Waals surface area contributed by atoms with Crippen molar-refractivity contribution in [3.05, 3.63) is 59.7 Å². The Morgan fingerprint density at radius 1 is 0.979 bits per heavy atom. The number of hydrogen-bond acceptors (Lipinski definition) is 12. The van der Waals surface area contributed by atoms with Crippen molar-refractivity contribution < 1.29 is 13.8 Å². The minimum atomic E-state index is -2.94. The number of nitrogens with zero attached hydrogens (tertiary/aromatic N) is 8. The minimum Gasteiger partial charge on any atom is -0.494 e. The van der Waals surface area contributed by atoms with Crippen molar-refractivity contribution in [2.24, 2.45) is 12.5 Å². The predicted octanol–water partition coefficient (Wildman–Crippen LogP) is 6.53. The number of methoxy groups -OCH3 is 1. The summed E-state index contributed by atoms with van der Waals surface area (Å²) >= 11 is 3.57. The van der Waals surface area contributed by atoms with Crippen molar-refractivity contribution in [1.82, 2.24) is 34.6 Å². The highest BCUT2D eigenvalue weighted by Crippen LogP contribution is 2.47. The van der Waals surface area contributed by atoms with Crippen molar-refractivity contribution >= 4 is 63.2 Å². The lowest BCUT2D eigenvalue weighted by Crippen LogP contribution is -2.58. The molecule has 7 rings (SSSR count). The quantitative estimate of drug-likeness (QED) is 0.160. The van der Waals surface area contributed by atoms with Crippen molar-refractivity contribution in [3.8, 4) is 22.6 Å². The first kappa shape index (κ1) is 32.3. The third-order valence-corrected chi connectivity index (χ3v) is 10.1. The average Bonchev–Trinajstić information content (AvgIpc) is 3.48. The summed E-state index contributed by atoms with van der Waals surface area (Å²) in [5.74, 6) is 1.82. The van der Waals surface area contributed by atoms with E-state index in [9.17, 15) is 4.57 Å². The first-order valence-corrected chi connectivity index (χ1v) is 19.0. The van der Waals surface area contributed by atoms with Crippen molar-refractivity contribution in [1.29, 1.82) is 0 Å². The molecular formula is C33H38BrN10O3P. The molecule has 250 valence electrons. The van der Waals surface area contributed by atoms with E-state index in [-0.39, 0.29) is 0 Å². The Kier molecular flexibility index (Phi) is 8.51. The highest BCUT2D eigenvalue weighted by molar-refractivity contribution is 9.10. The molecule has 5 aromatic rings. The highest BCUT2D eigenvalue weighted by Gasteiger charge is 2.43. The molecule has 1 spiro atoms. The molecule has 15 heteroatoms. The van der Waals surface area contributed by atoms with E-state index in [0.29, 0.717) is 55.6 Å². The minimum absolute atomic E-state index is 0.334. The van der Waals surface area contributed by atoms with Crippen LogP contribution in [0.25, 0.3) is 22.2 Å². The number of halogens is 1. The highest BCUT2D eigenvalue weighted by atomic mass is 79.9. The number of rotatable bonds is 9. The predicted molar refractivity (Wildman–Crippen MR) is 192 cm³/mol. The fourth-order valence-electron chi connectivity index (χ4n) is 6.71. The van der Waals surface area contributed by atoms with Crippen LogP contribution in [0.1, 0.15) is 12.8 Å². The summed E-state index contributed by atoms with van der Waals surface area (Å²) in [5, 5.41) is 11.2. The van der Waals surface area contributed by atoms with Crippen molar-refractivity contribution in [2.45, 2.75) is 12.8 Å². The average molecular weight is 734 g/mol. The molecule has 0 radical (unpaired) electrons. The van der Waals surface area contributed by atoms with E-state index in [0.717, 1.165) is 29.9 Å². The maximum Gasteiger partial charge on any atom is 0.242 e. The second kappa shape index (κ2) is 12.6. The van der Waals surface area contributed by atoms with Gasteiger partial charge in [0.25, 0.3) is 0 Å². The molecule has 2 saturated heterocycles. The van der Waals surface area contributed by atoms with Crippen LogP contribution in [0.4, 0.5) is 28.8 Å². The number of fused-ring (bicyclic) bond motifs is 1.